The smallest absolute Gasteiger partial charge is 0.151 e. The van der Waals surface area contributed by atoms with Gasteiger partial charge in [0.1, 0.15) is 5.69 Å². The Balaban J connectivity index is 1.00. The highest BCUT2D eigenvalue weighted by molar-refractivity contribution is 7.99. The maximum Gasteiger partial charge on any atom is 0.151 e. The summed E-state index contributed by atoms with van der Waals surface area (Å²) < 4.78 is 7.99. The van der Waals surface area contributed by atoms with Crippen LogP contribution in [0, 0.1) is 0 Å². The van der Waals surface area contributed by atoms with E-state index in [1.807, 2.05) is 59.0 Å². The van der Waals surface area contributed by atoms with E-state index in [-0.39, 0.29) is 0 Å². The molecule has 6 aromatic carbocycles. The monoisotopic (exact) mass is 599 g/mol. The van der Waals surface area contributed by atoms with Crippen LogP contribution in [0.15, 0.2) is 162 Å². The minimum atomic E-state index is 0.816. The first-order valence-electron chi connectivity index (χ1n) is 14.8. The van der Waals surface area contributed by atoms with E-state index >= 15 is 0 Å². The van der Waals surface area contributed by atoms with Crippen LogP contribution in [0.4, 0.5) is 34.1 Å². The van der Waals surface area contributed by atoms with E-state index in [0.29, 0.717) is 0 Å². The molecule has 0 bridgehead atoms. The van der Waals surface area contributed by atoms with Crippen molar-refractivity contribution in [3.8, 4) is 28.4 Å². The van der Waals surface area contributed by atoms with Crippen molar-refractivity contribution in [2.45, 2.75) is 9.79 Å². The predicted octanol–water partition coefficient (Wildman–Crippen LogP) is 10.4. The molecule has 0 unspecified atom stereocenters. The highest BCUT2D eigenvalue weighted by Crippen LogP contribution is 2.52. The number of hydrogen-bond acceptors (Lipinski definition) is 6. The van der Waals surface area contributed by atoms with E-state index in [1.165, 1.54) is 21.2 Å². The molecule has 7 heteroatoms. The van der Waals surface area contributed by atoms with Crippen molar-refractivity contribution in [2.75, 3.05) is 9.80 Å². The van der Waals surface area contributed by atoms with Gasteiger partial charge in [0, 0.05) is 26.7 Å². The minimum absolute atomic E-state index is 0.816. The van der Waals surface area contributed by atoms with Crippen molar-refractivity contribution in [3.63, 3.8) is 0 Å². The van der Waals surface area contributed by atoms with E-state index in [9.17, 15) is 0 Å². The van der Waals surface area contributed by atoms with Gasteiger partial charge in [0.05, 0.1) is 34.6 Å². The molecule has 0 amide bonds. The minimum Gasteiger partial charge on any atom is -0.453 e. The quantitative estimate of drug-likeness (QED) is 0.201. The number of para-hydroxylation sites is 6. The normalized spacial score (nSPS) is 12.9. The van der Waals surface area contributed by atoms with Crippen LogP contribution >= 0.6 is 11.8 Å². The zero-order chi connectivity index (χ0) is 29.7. The second-order valence-electron chi connectivity index (χ2n) is 10.9. The first-order chi connectivity index (χ1) is 22.3. The highest BCUT2D eigenvalue weighted by atomic mass is 32.2. The number of ether oxygens (including phenoxy) is 1. The highest BCUT2D eigenvalue weighted by Gasteiger charge is 2.26. The molecule has 45 heavy (non-hydrogen) atoms. The lowest BCUT2D eigenvalue weighted by molar-refractivity contribution is 0.477. The standard InChI is InChI=1S/C38H25N5OS/c1-5-13-35-31(9-1)42(32-10-2-6-14-36(32)44-35)29-23-21-27(22-24-29)41-25-30(39-40-41)26-17-19-28(20-18-26)43-33-11-3-7-15-37(33)45-38-16-8-4-12-34(38)43/h1-25H. The third-order valence-corrected chi connectivity index (χ3v) is 9.28. The topological polar surface area (TPSA) is 46.4 Å². The second kappa shape index (κ2) is 10.4. The molecule has 0 spiro atoms. The second-order valence-corrected chi connectivity index (χ2v) is 11.9. The third-order valence-electron chi connectivity index (χ3n) is 8.15. The van der Waals surface area contributed by atoms with Crippen LogP contribution in [-0.2, 0) is 0 Å². The van der Waals surface area contributed by atoms with Gasteiger partial charge in [0.15, 0.2) is 11.5 Å². The summed E-state index contributed by atoms with van der Waals surface area (Å²) >= 11 is 1.81. The Bertz CT molecular complexity index is 1950. The maximum absolute atomic E-state index is 6.17. The van der Waals surface area contributed by atoms with Gasteiger partial charge in [-0.05, 0) is 84.9 Å². The van der Waals surface area contributed by atoms with E-state index in [0.717, 1.165) is 51.2 Å². The zero-order valence-electron chi connectivity index (χ0n) is 24.0. The zero-order valence-corrected chi connectivity index (χ0v) is 24.8. The molecule has 3 heterocycles. The molecule has 2 aliphatic heterocycles. The molecular formula is C38H25N5OS. The average molecular weight is 600 g/mol. The third kappa shape index (κ3) is 4.36. The van der Waals surface area contributed by atoms with Crippen molar-refractivity contribution in [2.24, 2.45) is 0 Å². The van der Waals surface area contributed by atoms with E-state index in [1.54, 1.807) is 0 Å². The Hall–Kier alpha value is -5.79. The molecule has 214 valence electrons. The largest absolute Gasteiger partial charge is 0.453 e. The maximum atomic E-state index is 6.17. The fourth-order valence-electron chi connectivity index (χ4n) is 6.02. The fraction of sp³-hybridized carbons (Fsp3) is 0. The van der Waals surface area contributed by atoms with Crippen LogP contribution in [0.1, 0.15) is 0 Å². The number of fused-ring (bicyclic) bond motifs is 4. The van der Waals surface area contributed by atoms with Gasteiger partial charge in [-0.2, -0.15) is 0 Å². The predicted molar refractivity (Wildman–Crippen MR) is 180 cm³/mol. The van der Waals surface area contributed by atoms with Crippen LogP contribution in [0.3, 0.4) is 0 Å². The summed E-state index contributed by atoms with van der Waals surface area (Å²) in [7, 11) is 0. The van der Waals surface area contributed by atoms with Crippen molar-refractivity contribution in [1.29, 1.82) is 0 Å². The lowest BCUT2D eigenvalue weighted by Gasteiger charge is -2.32. The number of hydrogen-bond donors (Lipinski definition) is 0. The van der Waals surface area contributed by atoms with Gasteiger partial charge in [-0.1, -0.05) is 77.6 Å². The summed E-state index contributed by atoms with van der Waals surface area (Å²) in [5, 5.41) is 8.99. The Kier molecular flexibility index (Phi) is 5.96. The number of aromatic nitrogens is 3. The molecule has 7 aromatic rings. The van der Waals surface area contributed by atoms with Crippen LogP contribution in [0.2, 0.25) is 0 Å². The molecule has 2 aliphatic rings. The van der Waals surface area contributed by atoms with E-state index in [2.05, 4.69) is 129 Å². The van der Waals surface area contributed by atoms with Gasteiger partial charge in [-0.3, -0.25) is 0 Å². The molecular weight excluding hydrogens is 575 g/mol. The fourth-order valence-corrected chi connectivity index (χ4v) is 7.08. The molecule has 9 rings (SSSR count). The Morgan fingerprint density at radius 3 is 1.53 bits per heavy atom. The van der Waals surface area contributed by atoms with Crippen LogP contribution in [-0.4, -0.2) is 15.0 Å². The van der Waals surface area contributed by atoms with Crippen molar-refractivity contribution < 1.29 is 4.74 Å². The molecule has 0 N–H and O–H groups in total. The summed E-state index contributed by atoms with van der Waals surface area (Å²) in [6.07, 6.45) is 1.98. The molecule has 0 fully saturated rings. The average Bonchev–Trinajstić information content (AvgIpc) is 3.60. The molecule has 0 saturated heterocycles. The molecule has 0 radical (unpaired) electrons. The first-order valence-corrected chi connectivity index (χ1v) is 15.6. The van der Waals surface area contributed by atoms with E-state index < -0.39 is 0 Å². The molecule has 6 nitrogen and oxygen atoms in total. The molecule has 0 aliphatic carbocycles. The number of rotatable bonds is 4. The summed E-state index contributed by atoms with van der Waals surface area (Å²) in [6, 6.07) is 50.2. The van der Waals surface area contributed by atoms with E-state index in [4.69, 9.17) is 4.74 Å². The number of benzene rings is 6. The number of nitrogens with zero attached hydrogens (tertiary/aromatic N) is 5. The molecule has 1 aromatic heterocycles. The first kappa shape index (κ1) is 25.7. The van der Waals surface area contributed by atoms with Crippen LogP contribution in [0.25, 0.3) is 16.9 Å². The summed E-state index contributed by atoms with van der Waals surface area (Å²) in [5.41, 5.74) is 9.29. The lowest BCUT2D eigenvalue weighted by atomic mass is 10.1. The Morgan fingerprint density at radius 1 is 0.467 bits per heavy atom. The Labute approximate surface area is 264 Å². The summed E-state index contributed by atoms with van der Waals surface area (Å²) in [6.45, 7) is 0. The Morgan fingerprint density at radius 2 is 0.933 bits per heavy atom. The van der Waals surface area contributed by atoms with Crippen molar-refractivity contribution >= 4 is 45.9 Å². The van der Waals surface area contributed by atoms with Gasteiger partial charge in [0.25, 0.3) is 0 Å². The molecule has 0 saturated carbocycles. The van der Waals surface area contributed by atoms with Crippen LogP contribution in [0.5, 0.6) is 11.5 Å². The van der Waals surface area contributed by atoms with Gasteiger partial charge in [-0.25, -0.2) is 4.68 Å². The lowest BCUT2D eigenvalue weighted by Crippen LogP contribution is -2.15. The number of anilines is 6. The van der Waals surface area contributed by atoms with Gasteiger partial charge < -0.3 is 14.5 Å². The SMILES string of the molecule is c1ccc2c(c1)Oc1ccccc1N2c1ccc(-n2cc(-c3ccc(N4c5ccccc5Sc5ccccc54)cc3)nn2)cc1. The van der Waals surface area contributed by atoms with Crippen molar-refractivity contribution in [3.05, 3.63) is 152 Å². The van der Waals surface area contributed by atoms with Gasteiger partial charge >= 0.3 is 0 Å². The van der Waals surface area contributed by atoms with Crippen molar-refractivity contribution in [1.82, 2.24) is 15.0 Å². The summed E-state index contributed by atoms with van der Waals surface area (Å²) in [5.74, 6) is 1.67. The molecule has 0 atom stereocenters. The van der Waals surface area contributed by atoms with Crippen LogP contribution < -0.4 is 14.5 Å². The van der Waals surface area contributed by atoms with Gasteiger partial charge in [-0.15, -0.1) is 5.10 Å². The summed E-state index contributed by atoms with van der Waals surface area (Å²) in [4.78, 5) is 7.05. The van der Waals surface area contributed by atoms with Gasteiger partial charge in [0.2, 0.25) is 0 Å².